The lowest BCUT2D eigenvalue weighted by Crippen LogP contribution is -2.52. The number of carbonyl (C=O) groups is 2. The van der Waals surface area contributed by atoms with E-state index in [0.717, 1.165) is 51.6 Å². The zero-order valence-corrected chi connectivity index (χ0v) is 17.5. The number of hydrogen-bond donors (Lipinski definition) is 1. The highest BCUT2D eigenvalue weighted by Crippen LogP contribution is 2.12. The van der Waals surface area contributed by atoms with Crippen LogP contribution < -0.4 is 5.32 Å². The van der Waals surface area contributed by atoms with E-state index in [-0.39, 0.29) is 11.8 Å². The van der Waals surface area contributed by atoms with E-state index in [1.54, 1.807) is 0 Å². The first kappa shape index (κ1) is 23.7. The number of carbonyl (C=O) groups excluding carboxylic acids is 2. The first-order valence-electron chi connectivity index (χ1n) is 9.90. The van der Waals surface area contributed by atoms with Crippen molar-refractivity contribution in [2.75, 3.05) is 13.1 Å². The summed E-state index contributed by atoms with van der Waals surface area (Å²) in [6, 6.07) is -0.543. The predicted octanol–water partition coefficient (Wildman–Crippen LogP) is 4.74. The van der Waals surface area contributed by atoms with Crippen LogP contribution in [0.2, 0.25) is 0 Å². The van der Waals surface area contributed by atoms with Gasteiger partial charge in [0.15, 0.2) is 0 Å². The average molecular weight is 357 g/mol. The van der Waals surface area contributed by atoms with E-state index in [9.17, 15) is 9.59 Å². The minimum absolute atomic E-state index is 0.00747. The summed E-state index contributed by atoms with van der Waals surface area (Å²) >= 11 is 0. The SMILES string of the molecule is CCCCCN(CCCCC)C(=O)[C@@H](NC(=O)OC(C)(C)C)C(C)C. The molecule has 0 unspecified atom stereocenters. The number of hydrogen-bond acceptors (Lipinski definition) is 3. The smallest absolute Gasteiger partial charge is 0.408 e. The molecule has 0 saturated carbocycles. The van der Waals surface area contributed by atoms with Gasteiger partial charge in [-0.2, -0.15) is 0 Å². The van der Waals surface area contributed by atoms with Gasteiger partial charge in [0.05, 0.1) is 0 Å². The highest BCUT2D eigenvalue weighted by atomic mass is 16.6. The normalized spacial score (nSPS) is 12.8. The molecule has 0 radical (unpaired) electrons. The number of alkyl carbamates (subject to hydrolysis) is 1. The second-order valence-corrected chi connectivity index (χ2v) is 8.11. The number of ether oxygens (including phenoxy) is 1. The lowest BCUT2D eigenvalue weighted by Gasteiger charge is -2.31. The van der Waals surface area contributed by atoms with Crippen molar-refractivity contribution in [1.82, 2.24) is 10.2 Å². The highest BCUT2D eigenvalue weighted by molar-refractivity contribution is 5.86. The van der Waals surface area contributed by atoms with Crippen LogP contribution in [0.1, 0.15) is 87.0 Å². The fourth-order valence-corrected chi connectivity index (χ4v) is 2.58. The number of amides is 2. The lowest BCUT2D eigenvalue weighted by molar-refractivity contribution is -0.134. The summed E-state index contributed by atoms with van der Waals surface area (Å²) in [5.41, 5.74) is -0.573. The Bertz CT molecular complexity index is 379. The number of unbranched alkanes of at least 4 members (excludes halogenated alkanes) is 4. The first-order chi connectivity index (χ1) is 11.6. The molecule has 0 aromatic carbocycles. The van der Waals surface area contributed by atoms with Crippen molar-refractivity contribution in [2.24, 2.45) is 5.92 Å². The van der Waals surface area contributed by atoms with Gasteiger partial charge in [-0.1, -0.05) is 53.4 Å². The summed E-state index contributed by atoms with van der Waals surface area (Å²) in [4.78, 5) is 27.1. The summed E-state index contributed by atoms with van der Waals surface area (Å²) < 4.78 is 5.32. The molecule has 0 aromatic rings. The van der Waals surface area contributed by atoms with E-state index in [4.69, 9.17) is 4.74 Å². The molecule has 0 aromatic heterocycles. The molecule has 148 valence electrons. The molecule has 0 heterocycles. The molecule has 0 aliphatic carbocycles. The zero-order valence-electron chi connectivity index (χ0n) is 17.5. The molecule has 1 atom stereocenters. The predicted molar refractivity (Wildman–Crippen MR) is 104 cm³/mol. The fraction of sp³-hybridized carbons (Fsp3) is 0.900. The molecule has 25 heavy (non-hydrogen) atoms. The molecule has 0 fully saturated rings. The van der Waals surface area contributed by atoms with Crippen LogP contribution in [0.4, 0.5) is 4.79 Å². The van der Waals surface area contributed by atoms with Crippen LogP contribution in [-0.4, -0.2) is 41.6 Å². The zero-order chi connectivity index (χ0) is 19.5. The Kier molecular flexibility index (Phi) is 11.5. The van der Waals surface area contributed by atoms with Crippen molar-refractivity contribution in [3.05, 3.63) is 0 Å². The molecule has 0 rings (SSSR count). The summed E-state index contributed by atoms with van der Waals surface area (Å²) in [5.74, 6) is 0.0212. The maximum absolute atomic E-state index is 13.0. The van der Waals surface area contributed by atoms with E-state index in [1.807, 2.05) is 39.5 Å². The monoisotopic (exact) mass is 356 g/mol. The molecular formula is C20H40N2O3. The largest absolute Gasteiger partial charge is 0.444 e. The first-order valence-corrected chi connectivity index (χ1v) is 9.90. The average Bonchev–Trinajstić information content (AvgIpc) is 2.49. The Balaban J connectivity index is 4.96. The van der Waals surface area contributed by atoms with E-state index >= 15 is 0 Å². The van der Waals surface area contributed by atoms with Crippen LogP contribution in [-0.2, 0) is 9.53 Å². The van der Waals surface area contributed by atoms with Gasteiger partial charge in [0.2, 0.25) is 5.91 Å². The van der Waals surface area contributed by atoms with E-state index in [1.165, 1.54) is 0 Å². The molecule has 0 aliphatic heterocycles. The third-order valence-electron chi connectivity index (χ3n) is 3.98. The Morgan fingerprint density at radius 3 is 1.80 bits per heavy atom. The number of nitrogens with one attached hydrogen (secondary N) is 1. The van der Waals surface area contributed by atoms with Gasteiger partial charge in [0.25, 0.3) is 0 Å². The van der Waals surface area contributed by atoms with E-state index < -0.39 is 17.7 Å². The third kappa shape index (κ3) is 11.1. The van der Waals surface area contributed by atoms with Gasteiger partial charge in [-0.15, -0.1) is 0 Å². The fourth-order valence-electron chi connectivity index (χ4n) is 2.58. The molecule has 0 spiro atoms. The quantitative estimate of drug-likeness (QED) is 0.544. The minimum atomic E-state index is -0.573. The van der Waals surface area contributed by atoms with Crippen molar-refractivity contribution in [3.63, 3.8) is 0 Å². The van der Waals surface area contributed by atoms with Crippen molar-refractivity contribution in [3.8, 4) is 0 Å². The Labute approximate surface area is 154 Å². The van der Waals surface area contributed by atoms with E-state index in [2.05, 4.69) is 19.2 Å². The minimum Gasteiger partial charge on any atom is -0.444 e. The van der Waals surface area contributed by atoms with Gasteiger partial charge in [0.1, 0.15) is 11.6 Å². The van der Waals surface area contributed by atoms with Crippen LogP contribution in [0.5, 0.6) is 0 Å². The molecule has 2 amide bonds. The van der Waals surface area contributed by atoms with Crippen molar-refractivity contribution in [2.45, 2.75) is 98.6 Å². The summed E-state index contributed by atoms with van der Waals surface area (Å²) in [5, 5.41) is 2.78. The van der Waals surface area contributed by atoms with Crippen LogP contribution in [0.25, 0.3) is 0 Å². The van der Waals surface area contributed by atoms with Gasteiger partial charge >= 0.3 is 6.09 Å². The Morgan fingerprint density at radius 1 is 0.960 bits per heavy atom. The van der Waals surface area contributed by atoms with Crippen LogP contribution in [0.3, 0.4) is 0 Å². The van der Waals surface area contributed by atoms with Crippen molar-refractivity contribution in [1.29, 1.82) is 0 Å². The van der Waals surface area contributed by atoms with Gasteiger partial charge in [-0.25, -0.2) is 4.79 Å². The van der Waals surface area contributed by atoms with Gasteiger partial charge < -0.3 is 15.0 Å². The summed E-state index contributed by atoms with van der Waals surface area (Å²) in [6.07, 6.45) is 5.97. The van der Waals surface area contributed by atoms with Crippen LogP contribution in [0.15, 0.2) is 0 Å². The van der Waals surface area contributed by atoms with Crippen molar-refractivity contribution >= 4 is 12.0 Å². The molecule has 0 aliphatic rings. The molecule has 0 saturated heterocycles. The van der Waals surface area contributed by atoms with Gasteiger partial charge in [-0.05, 0) is 39.5 Å². The lowest BCUT2D eigenvalue weighted by atomic mass is 10.0. The third-order valence-corrected chi connectivity index (χ3v) is 3.98. The van der Waals surface area contributed by atoms with Gasteiger partial charge in [0, 0.05) is 13.1 Å². The number of nitrogens with zero attached hydrogens (tertiary/aromatic N) is 1. The maximum Gasteiger partial charge on any atom is 0.408 e. The molecular weight excluding hydrogens is 316 g/mol. The molecule has 1 N–H and O–H groups in total. The summed E-state index contributed by atoms with van der Waals surface area (Å²) in [7, 11) is 0. The molecule has 5 nitrogen and oxygen atoms in total. The maximum atomic E-state index is 13.0. The van der Waals surface area contributed by atoms with Crippen LogP contribution >= 0.6 is 0 Å². The van der Waals surface area contributed by atoms with E-state index in [0.29, 0.717) is 0 Å². The number of rotatable bonds is 11. The second-order valence-electron chi connectivity index (χ2n) is 8.11. The standard InChI is InChI=1S/C20H40N2O3/c1-8-10-12-14-22(15-13-11-9-2)18(23)17(16(3)4)21-19(24)25-20(5,6)7/h16-17H,8-15H2,1-7H3,(H,21,24)/t17-/m0/s1. The Morgan fingerprint density at radius 2 is 1.44 bits per heavy atom. The highest BCUT2D eigenvalue weighted by Gasteiger charge is 2.30. The van der Waals surface area contributed by atoms with Crippen molar-refractivity contribution < 1.29 is 14.3 Å². The van der Waals surface area contributed by atoms with Gasteiger partial charge in [-0.3, -0.25) is 4.79 Å². The Hall–Kier alpha value is -1.26. The second kappa shape index (κ2) is 12.2. The molecule has 5 heteroatoms. The van der Waals surface area contributed by atoms with Crippen LogP contribution in [0, 0.1) is 5.92 Å². The molecule has 0 bridgehead atoms. The topological polar surface area (TPSA) is 58.6 Å². The summed E-state index contributed by atoms with van der Waals surface area (Å²) in [6.45, 7) is 15.2.